The van der Waals surface area contributed by atoms with E-state index in [1.165, 1.54) is 24.3 Å². The van der Waals surface area contributed by atoms with Crippen molar-refractivity contribution in [2.45, 2.75) is 41.7 Å². The van der Waals surface area contributed by atoms with Gasteiger partial charge >= 0.3 is 5.97 Å². The third kappa shape index (κ3) is 2.79. The summed E-state index contributed by atoms with van der Waals surface area (Å²) in [6.45, 7) is 6.88. The first-order valence-corrected chi connectivity index (χ1v) is 8.92. The molecule has 2 aliphatic heterocycles. The Morgan fingerprint density at radius 2 is 2.00 bits per heavy atom. The first-order chi connectivity index (χ1) is 12.5. The van der Waals surface area contributed by atoms with Crippen molar-refractivity contribution < 1.29 is 23.9 Å². The fourth-order valence-corrected chi connectivity index (χ4v) is 5.25. The second kappa shape index (κ2) is 6.31. The summed E-state index contributed by atoms with van der Waals surface area (Å²) in [5, 5.41) is 12.1. The molecule has 1 aromatic carbocycles. The van der Waals surface area contributed by atoms with Crippen LogP contribution >= 0.6 is 11.8 Å². The van der Waals surface area contributed by atoms with Crippen molar-refractivity contribution in [3.05, 3.63) is 35.6 Å². The summed E-state index contributed by atoms with van der Waals surface area (Å²) in [5.41, 5.74) is 6.28. The van der Waals surface area contributed by atoms with Gasteiger partial charge in [-0.05, 0) is 38.3 Å². The number of β-lactam (4-membered cyclic amide) rings is 1. The molecule has 2 fully saturated rings. The number of nitrogens with one attached hydrogen (secondary N) is 1. The molecule has 8 nitrogen and oxygen atoms in total. The number of halogens is 1. The van der Waals surface area contributed by atoms with Gasteiger partial charge in [0.05, 0.1) is 0 Å². The minimum Gasteiger partial charge on any atom is -0.480 e. The lowest BCUT2D eigenvalue weighted by atomic mass is 9.93. The van der Waals surface area contributed by atoms with Crippen LogP contribution in [-0.2, 0) is 14.4 Å². The number of carboxylic acid groups (broad SMARTS) is 1. The normalized spacial score (nSPS) is 29.5. The molecule has 3 rings (SSSR count). The van der Waals surface area contributed by atoms with Crippen LogP contribution in [0.5, 0.6) is 0 Å². The highest BCUT2D eigenvalue weighted by molar-refractivity contribution is 8.02. The van der Waals surface area contributed by atoms with E-state index in [1.54, 1.807) is 13.8 Å². The zero-order chi connectivity index (χ0) is 20.1. The maximum absolute atomic E-state index is 13.0. The van der Waals surface area contributed by atoms with Gasteiger partial charge in [0.2, 0.25) is 10.9 Å². The van der Waals surface area contributed by atoms with Gasteiger partial charge in [-0.2, -0.15) is 0 Å². The van der Waals surface area contributed by atoms with Crippen LogP contribution in [0.1, 0.15) is 25.5 Å². The monoisotopic (exact) mass is 394 g/mol. The molecular formula is C17H19FN4O4S. The molecule has 2 saturated heterocycles. The number of fused-ring (bicyclic) bond motifs is 1. The van der Waals surface area contributed by atoms with E-state index in [0.29, 0.717) is 5.56 Å². The zero-order valence-corrected chi connectivity index (χ0v) is 15.5. The molecule has 0 spiro atoms. The maximum Gasteiger partial charge on any atom is 0.327 e. The van der Waals surface area contributed by atoms with Gasteiger partial charge in [0.15, 0.2) is 6.04 Å². The Morgan fingerprint density at radius 1 is 1.41 bits per heavy atom. The number of carbonyl (C=O) groups excluding carboxylic acids is 2. The number of aliphatic imine (C=N–C) groups is 1. The standard InChI is InChI=1S/C17H19FN4O4S/c1-16(2)12(15(25)26)22-14(24)11(17(22,20-3)27-16)21-13(23)10(19)8-4-6-9(18)7-5-8/h4-7,10-12H,3,19H2,1-2H3,(H,21,23)(H,25,26)/t10-,11-,12+,17+/m1/s1. The number of carboxylic acids is 1. The fourth-order valence-electron chi connectivity index (χ4n) is 3.52. The van der Waals surface area contributed by atoms with E-state index < -0.39 is 51.5 Å². The van der Waals surface area contributed by atoms with Crippen molar-refractivity contribution in [2.24, 2.45) is 10.7 Å². The summed E-state index contributed by atoms with van der Waals surface area (Å²) in [4.78, 5) is 40.6. The summed E-state index contributed by atoms with van der Waals surface area (Å²) in [6, 6.07) is 1.82. The lowest BCUT2D eigenvalue weighted by Crippen LogP contribution is -2.77. The first-order valence-electron chi connectivity index (χ1n) is 8.10. The van der Waals surface area contributed by atoms with Gasteiger partial charge < -0.3 is 16.2 Å². The van der Waals surface area contributed by atoms with Crippen LogP contribution in [0.4, 0.5) is 4.39 Å². The Morgan fingerprint density at radius 3 is 2.52 bits per heavy atom. The molecule has 0 aromatic heterocycles. The summed E-state index contributed by atoms with van der Waals surface area (Å²) in [7, 11) is 0. The molecule has 27 heavy (non-hydrogen) atoms. The highest BCUT2D eigenvalue weighted by Crippen LogP contribution is 2.59. The van der Waals surface area contributed by atoms with E-state index in [-0.39, 0.29) is 0 Å². The molecule has 0 bridgehead atoms. The molecule has 2 aliphatic rings. The Balaban J connectivity index is 1.83. The van der Waals surface area contributed by atoms with Crippen LogP contribution in [-0.4, -0.2) is 56.3 Å². The number of nitrogens with two attached hydrogens (primary N) is 1. The van der Waals surface area contributed by atoms with E-state index >= 15 is 0 Å². The molecule has 0 saturated carbocycles. The predicted octanol–water partition coefficient (Wildman–Crippen LogP) is 0.486. The molecule has 4 atom stereocenters. The van der Waals surface area contributed by atoms with Gasteiger partial charge in [0, 0.05) is 4.75 Å². The van der Waals surface area contributed by atoms with Gasteiger partial charge in [-0.3, -0.25) is 19.5 Å². The Kier molecular flexibility index (Phi) is 4.51. The third-order valence-corrected chi connectivity index (χ3v) is 6.41. The lowest BCUT2D eigenvalue weighted by Gasteiger charge is -2.50. The molecule has 144 valence electrons. The van der Waals surface area contributed by atoms with E-state index in [4.69, 9.17) is 5.73 Å². The number of nitrogens with zero attached hydrogens (tertiary/aromatic N) is 2. The topological polar surface area (TPSA) is 125 Å². The van der Waals surface area contributed by atoms with Crippen LogP contribution in [0, 0.1) is 5.82 Å². The number of carbonyl (C=O) groups is 3. The second-order valence-electron chi connectivity index (χ2n) is 6.94. The minimum atomic E-state index is -1.30. The zero-order valence-electron chi connectivity index (χ0n) is 14.7. The van der Waals surface area contributed by atoms with Gasteiger partial charge in [0.25, 0.3) is 5.91 Å². The Hall–Kier alpha value is -2.46. The lowest BCUT2D eigenvalue weighted by molar-refractivity contribution is -0.168. The number of rotatable bonds is 5. The average molecular weight is 394 g/mol. The largest absolute Gasteiger partial charge is 0.480 e. The van der Waals surface area contributed by atoms with Crippen molar-refractivity contribution >= 4 is 36.3 Å². The molecule has 0 unspecified atom stereocenters. The molecular weight excluding hydrogens is 375 g/mol. The highest BCUT2D eigenvalue weighted by Gasteiger charge is 2.73. The molecule has 2 heterocycles. The van der Waals surface area contributed by atoms with Gasteiger partial charge in [0.1, 0.15) is 17.9 Å². The molecule has 1 aromatic rings. The Labute approximate surface area is 159 Å². The van der Waals surface area contributed by atoms with Crippen molar-refractivity contribution in [1.29, 1.82) is 0 Å². The summed E-state index contributed by atoms with van der Waals surface area (Å²) in [5.74, 6) is -2.83. The van der Waals surface area contributed by atoms with Gasteiger partial charge in [-0.1, -0.05) is 23.9 Å². The number of aliphatic carboxylic acids is 1. The quantitative estimate of drug-likeness (QED) is 0.493. The van der Waals surface area contributed by atoms with Gasteiger partial charge in [-0.15, -0.1) is 0 Å². The number of thioether (sulfide) groups is 1. The van der Waals surface area contributed by atoms with E-state index in [2.05, 4.69) is 17.0 Å². The van der Waals surface area contributed by atoms with Crippen molar-refractivity contribution in [3.63, 3.8) is 0 Å². The summed E-state index contributed by atoms with van der Waals surface area (Å²) < 4.78 is 12.2. The third-order valence-electron chi connectivity index (χ3n) is 4.79. The van der Waals surface area contributed by atoms with Crippen LogP contribution in [0.2, 0.25) is 0 Å². The van der Waals surface area contributed by atoms with E-state index in [0.717, 1.165) is 16.7 Å². The van der Waals surface area contributed by atoms with Crippen LogP contribution in [0.15, 0.2) is 29.3 Å². The van der Waals surface area contributed by atoms with Crippen molar-refractivity contribution in [1.82, 2.24) is 10.2 Å². The van der Waals surface area contributed by atoms with E-state index in [9.17, 15) is 23.9 Å². The van der Waals surface area contributed by atoms with Crippen LogP contribution < -0.4 is 11.1 Å². The van der Waals surface area contributed by atoms with Crippen molar-refractivity contribution in [2.75, 3.05) is 0 Å². The molecule has 0 radical (unpaired) electrons. The predicted molar refractivity (Wildman–Crippen MR) is 97.5 cm³/mol. The van der Waals surface area contributed by atoms with Crippen LogP contribution in [0.3, 0.4) is 0 Å². The number of amides is 2. The summed E-state index contributed by atoms with van der Waals surface area (Å²) >= 11 is 1.15. The fraction of sp³-hybridized carbons (Fsp3) is 0.412. The SMILES string of the molecule is C=N[C@]12SC(C)(C)[C@H](C(=O)O)N1C(=O)[C@H]2NC(=O)[C@H](N)c1ccc(F)cc1. The van der Waals surface area contributed by atoms with Crippen molar-refractivity contribution in [3.8, 4) is 0 Å². The number of hydrogen-bond acceptors (Lipinski definition) is 6. The maximum atomic E-state index is 13.0. The minimum absolute atomic E-state index is 0.376. The number of benzene rings is 1. The molecule has 4 N–H and O–H groups in total. The smallest absolute Gasteiger partial charge is 0.327 e. The Bertz CT molecular complexity index is 831. The van der Waals surface area contributed by atoms with Crippen LogP contribution in [0.25, 0.3) is 0 Å². The number of hydrogen-bond donors (Lipinski definition) is 3. The molecule has 0 aliphatic carbocycles. The molecule has 10 heteroatoms. The van der Waals surface area contributed by atoms with E-state index in [1.807, 2.05) is 0 Å². The summed E-state index contributed by atoms with van der Waals surface area (Å²) in [6.07, 6.45) is 0. The highest BCUT2D eigenvalue weighted by atomic mass is 32.2. The molecule has 2 amide bonds. The van der Waals surface area contributed by atoms with Gasteiger partial charge in [-0.25, -0.2) is 9.18 Å². The second-order valence-corrected chi connectivity index (χ2v) is 8.80. The first kappa shape index (κ1) is 19.3. The average Bonchev–Trinajstić information content (AvgIpc) is 2.84.